The maximum Gasteiger partial charge on any atom is 0.253 e. The van der Waals surface area contributed by atoms with Crippen LogP contribution in [0.4, 0.5) is 5.95 Å². The van der Waals surface area contributed by atoms with Crippen molar-refractivity contribution in [3.05, 3.63) is 87.0 Å². The molecule has 7 nitrogen and oxygen atoms in total. The molecule has 0 unspecified atom stereocenters. The fourth-order valence-corrected chi connectivity index (χ4v) is 5.13. The molecule has 5 rings (SSSR count). The molecule has 2 aromatic carbocycles. The van der Waals surface area contributed by atoms with Crippen molar-refractivity contribution < 1.29 is 4.74 Å². The second-order valence-corrected chi connectivity index (χ2v) is 10.4. The summed E-state index contributed by atoms with van der Waals surface area (Å²) in [5, 5.41) is 17.7. The summed E-state index contributed by atoms with van der Waals surface area (Å²) in [5.74, 6) is 2.37. The molecule has 0 N–H and O–H groups in total. The lowest BCUT2D eigenvalue weighted by atomic mass is 10.0. The van der Waals surface area contributed by atoms with Crippen molar-refractivity contribution in [3.8, 4) is 10.8 Å². The number of anilines is 1. The molecule has 0 fully saturated rings. The normalized spacial score (nSPS) is 12.9. The summed E-state index contributed by atoms with van der Waals surface area (Å²) in [6.45, 7) is 6.15. The second kappa shape index (κ2) is 9.81. The van der Waals surface area contributed by atoms with Gasteiger partial charge in [0, 0.05) is 27.6 Å². The maximum atomic E-state index is 6.18. The molecule has 0 radical (unpaired) electrons. The average molecular weight is 507 g/mol. The lowest BCUT2D eigenvalue weighted by Gasteiger charge is -2.18. The zero-order chi connectivity index (χ0) is 24.5. The van der Waals surface area contributed by atoms with Gasteiger partial charge < -0.3 is 9.64 Å². The van der Waals surface area contributed by atoms with E-state index in [9.17, 15) is 0 Å². The fraction of sp³-hybridized carbons (Fsp3) is 0.269. The number of fused-ring (bicyclic) bond motifs is 3. The fourth-order valence-electron chi connectivity index (χ4n) is 3.95. The van der Waals surface area contributed by atoms with Crippen LogP contribution in [0.5, 0.6) is 5.75 Å². The van der Waals surface area contributed by atoms with Crippen LogP contribution in [0.3, 0.4) is 0 Å². The van der Waals surface area contributed by atoms with Crippen LogP contribution in [-0.4, -0.2) is 52.6 Å². The van der Waals surface area contributed by atoms with Crippen molar-refractivity contribution >= 4 is 34.6 Å². The first kappa shape index (κ1) is 23.5. The zero-order valence-electron chi connectivity index (χ0n) is 20.2. The summed E-state index contributed by atoms with van der Waals surface area (Å²) in [7, 11) is 4.07. The highest BCUT2D eigenvalue weighted by Gasteiger charge is 2.28. The van der Waals surface area contributed by atoms with E-state index < -0.39 is 0 Å². The van der Waals surface area contributed by atoms with Gasteiger partial charge in [-0.1, -0.05) is 35.9 Å². The topological polar surface area (TPSA) is 58.8 Å². The Hall–Kier alpha value is -3.20. The Morgan fingerprint density at radius 1 is 1.00 bits per heavy atom. The Labute approximate surface area is 214 Å². The van der Waals surface area contributed by atoms with Crippen LogP contribution in [0, 0.1) is 13.8 Å². The minimum absolute atomic E-state index is 0.543. The number of halogens is 1. The molecule has 1 aliphatic heterocycles. The molecular formula is C26H27ClN6OS. The van der Waals surface area contributed by atoms with Crippen molar-refractivity contribution in [2.45, 2.75) is 20.4 Å². The lowest BCUT2D eigenvalue weighted by molar-refractivity contribution is 0.261. The number of likely N-dealkylation sites (N-methyl/N-ethyl adjacent to an activating group) is 1. The molecule has 4 aromatic rings. The molecule has 0 aliphatic carbocycles. The Bertz CT molecular complexity index is 1360. The summed E-state index contributed by atoms with van der Waals surface area (Å²) in [6, 6.07) is 18.1. The monoisotopic (exact) mass is 506 g/mol. The largest absolute Gasteiger partial charge is 0.492 e. The predicted octanol–water partition coefficient (Wildman–Crippen LogP) is 5.31. The van der Waals surface area contributed by atoms with E-state index in [4.69, 9.17) is 21.4 Å². The van der Waals surface area contributed by atoms with Crippen LogP contribution in [0.2, 0.25) is 5.02 Å². The van der Waals surface area contributed by atoms with E-state index >= 15 is 0 Å². The number of hydrogen-bond donors (Lipinski definition) is 0. The molecule has 3 heterocycles. The molecule has 9 heteroatoms. The van der Waals surface area contributed by atoms with Gasteiger partial charge in [0.15, 0.2) is 0 Å². The van der Waals surface area contributed by atoms with E-state index in [2.05, 4.69) is 44.8 Å². The number of ether oxygens (including phenoxy) is 1. The highest BCUT2D eigenvalue weighted by atomic mass is 35.5. The van der Waals surface area contributed by atoms with E-state index in [1.54, 1.807) is 11.3 Å². The summed E-state index contributed by atoms with van der Waals surface area (Å²) >= 11 is 7.89. The summed E-state index contributed by atoms with van der Waals surface area (Å²) in [6.07, 6.45) is 0. The zero-order valence-corrected chi connectivity index (χ0v) is 21.8. The second-order valence-electron chi connectivity index (χ2n) is 8.77. The van der Waals surface area contributed by atoms with Crippen LogP contribution >= 0.6 is 22.9 Å². The Morgan fingerprint density at radius 2 is 1.74 bits per heavy atom. The molecular weight excluding hydrogens is 480 g/mol. The lowest BCUT2D eigenvalue weighted by Crippen LogP contribution is -2.21. The summed E-state index contributed by atoms with van der Waals surface area (Å²) < 4.78 is 7.95. The SMILES string of the molecule is Cc1cc2c(s1)-n1c(C)nnc1N(Cc1ccc(OCCN(C)C)cc1)N=C2c1ccc(Cl)cc1. The van der Waals surface area contributed by atoms with Crippen LogP contribution in [0.25, 0.3) is 5.00 Å². The standard InChI is InChI=1S/C26H27ClN6OS/c1-17-15-23-24(20-7-9-21(27)10-8-20)30-32(26-29-28-18(2)33(26)25(23)35-17)16-19-5-11-22(12-6-19)34-14-13-31(3)4/h5-12,15H,13-14,16H2,1-4H3. The highest BCUT2D eigenvalue weighted by Crippen LogP contribution is 2.36. The minimum Gasteiger partial charge on any atom is -0.492 e. The van der Waals surface area contributed by atoms with Gasteiger partial charge >= 0.3 is 0 Å². The van der Waals surface area contributed by atoms with E-state index in [1.165, 1.54) is 4.88 Å². The maximum absolute atomic E-state index is 6.18. The molecule has 0 amide bonds. The molecule has 1 aliphatic rings. The Balaban J connectivity index is 1.52. The van der Waals surface area contributed by atoms with E-state index in [0.29, 0.717) is 24.1 Å². The van der Waals surface area contributed by atoms with Crippen LogP contribution < -0.4 is 9.75 Å². The number of thiophene rings is 1. The van der Waals surface area contributed by atoms with E-state index in [1.807, 2.05) is 62.4 Å². The first-order chi connectivity index (χ1) is 16.9. The number of rotatable bonds is 7. The number of aromatic nitrogens is 3. The molecule has 0 atom stereocenters. The number of hydrazone groups is 1. The van der Waals surface area contributed by atoms with Gasteiger partial charge in [0.25, 0.3) is 5.95 Å². The molecule has 35 heavy (non-hydrogen) atoms. The summed E-state index contributed by atoms with van der Waals surface area (Å²) in [4.78, 5) is 3.30. The van der Waals surface area contributed by atoms with Crippen LogP contribution in [-0.2, 0) is 6.54 Å². The number of nitrogens with zero attached hydrogens (tertiary/aromatic N) is 6. The van der Waals surface area contributed by atoms with Crippen molar-refractivity contribution in [2.75, 3.05) is 32.3 Å². The quantitative estimate of drug-likeness (QED) is 0.340. The van der Waals surface area contributed by atoms with Gasteiger partial charge in [-0.05, 0) is 63.8 Å². The predicted molar refractivity (Wildman–Crippen MR) is 142 cm³/mol. The first-order valence-electron chi connectivity index (χ1n) is 11.4. The van der Waals surface area contributed by atoms with Crippen molar-refractivity contribution in [1.82, 2.24) is 19.7 Å². The number of hydrogen-bond acceptors (Lipinski definition) is 7. The third-order valence-electron chi connectivity index (χ3n) is 5.73. The number of aryl methyl sites for hydroxylation is 2. The smallest absolute Gasteiger partial charge is 0.253 e. The van der Waals surface area contributed by atoms with Crippen LogP contribution in [0.15, 0.2) is 59.7 Å². The molecule has 180 valence electrons. The van der Waals surface area contributed by atoms with Crippen molar-refractivity contribution in [2.24, 2.45) is 5.10 Å². The van der Waals surface area contributed by atoms with Crippen LogP contribution in [0.1, 0.15) is 27.4 Å². The Morgan fingerprint density at radius 3 is 2.46 bits per heavy atom. The van der Waals surface area contributed by atoms with Gasteiger partial charge in [0.1, 0.15) is 28.9 Å². The van der Waals surface area contributed by atoms with E-state index in [0.717, 1.165) is 45.5 Å². The molecule has 0 bridgehead atoms. The van der Waals surface area contributed by atoms with Gasteiger partial charge in [0.05, 0.1) is 6.54 Å². The molecule has 0 saturated carbocycles. The highest BCUT2D eigenvalue weighted by molar-refractivity contribution is 7.15. The van der Waals surface area contributed by atoms with Gasteiger partial charge in [-0.25, -0.2) is 5.01 Å². The molecule has 2 aromatic heterocycles. The van der Waals surface area contributed by atoms with Gasteiger partial charge in [-0.15, -0.1) is 21.5 Å². The third-order valence-corrected chi connectivity index (χ3v) is 7.02. The summed E-state index contributed by atoms with van der Waals surface area (Å²) in [5.41, 5.74) is 4.04. The average Bonchev–Trinajstić information content (AvgIpc) is 3.37. The van der Waals surface area contributed by atoms with Gasteiger partial charge in [-0.2, -0.15) is 5.10 Å². The van der Waals surface area contributed by atoms with Gasteiger partial charge in [0.2, 0.25) is 0 Å². The Kier molecular flexibility index (Phi) is 6.60. The third kappa shape index (κ3) is 4.96. The molecule has 0 spiro atoms. The van der Waals surface area contributed by atoms with E-state index in [-0.39, 0.29) is 0 Å². The van der Waals surface area contributed by atoms with Crippen molar-refractivity contribution in [3.63, 3.8) is 0 Å². The van der Waals surface area contributed by atoms with Crippen molar-refractivity contribution in [1.29, 1.82) is 0 Å². The van der Waals surface area contributed by atoms with Gasteiger partial charge in [-0.3, -0.25) is 4.57 Å². The minimum atomic E-state index is 0.543. The molecule has 0 saturated heterocycles. The first-order valence-corrected chi connectivity index (χ1v) is 12.6. The number of benzene rings is 2.